The van der Waals surface area contributed by atoms with Crippen molar-refractivity contribution in [1.29, 1.82) is 0 Å². The van der Waals surface area contributed by atoms with Gasteiger partial charge in [-0.3, -0.25) is 9.69 Å². The Morgan fingerprint density at radius 2 is 2.16 bits per heavy atom. The van der Waals surface area contributed by atoms with Crippen molar-refractivity contribution in [3.05, 3.63) is 0 Å². The Balaban J connectivity index is 2.47. The van der Waals surface area contributed by atoms with E-state index in [1.807, 2.05) is 13.8 Å². The van der Waals surface area contributed by atoms with Crippen molar-refractivity contribution in [2.45, 2.75) is 64.8 Å². The third kappa shape index (κ3) is 5.89. The molecule has 1 aliphatic heterocycles. The number of hydrogen-bond acceptors (Lipinski definition) is 4. The second-order valence-corrected chi connectivity index (χ2v) is 6.42. The minimum absolute atomic E-state index is 0.151. The molecule has 1 heterocycles. The van der Waals surface area contributed by atoms with E-state index in [0.29, 0.717) is 6.42 Å². The van der Waals surface area contributed by atoms with Crippen LogP contribution in [-0.2, 0) is 9.53 Å². The van der Waals surface area contributed by atoms with Gasteiger partial charge < -0.3 is 15.2 Å². The second kappa shape index (κ2) is 6.68. The maximum Gasteiger partial charge on any atom is 0.320 e. The van der Waals surface area contributed by atoms with Gasteiger partial charge in [-0.1, -0.05) is 13.8 Å². The molecular weight excluding hydrogens is 244 g/mol. The van der Waals surface area contributed by atoms with Crippen molar-refractivity contribution in [3.8, 4) is 0 Å². The van der Waals surface area contributed by atoms with Crippen LogP contribution in [-0.4, -0.2) is 59.4 Å². The first kappa shape index (κ1) is 16.4. The van der Waals surface area contributed by atoms with Gasteiger partial charge in [-0.25, -0.2) is 0 Å². The van der Waals surface area contributed by atoms with Crippen LogP contribution in [0.1, 0.15) is 41.0 Å². The van der Waals surface area contributed by atoms with Crippen LogP contribution in [0, 0.1) is 0 Å². The smallest absolute Gasteiger partial charge is 0.320 e. The number of hydrogen-bond donors (Lipinski definition) is 2. The highest BCUT2D eigenvalue weighted by Crippen LogP contribution is 2.20. The van der Waals surface area contributed by atoms with Crippen LogP contribution in [0.5, 0.6) is 0 Å². The predicted octanol–water partition coefficient (Wildman–Crippen LogP) is 1.33. The molecule has 1 rings (SSSR count). The Labute approximate surface area is 116 Å². The van der Waals surface area contributed by atoms with Crippen LogP contribution in [0.2, 0.25) is 0 Å². The number of nitrogens with one attached hydrogen (secondary N) is 1. The molecule has 1 fully saturated rings. The molecule has 0 aromatic carbocycles. The summed E-state index contributed by atoms with van der Waals surface area (Å²) >= 11 is 0. The maximum absolute atomic E-state index is 11.2. The van der Waals surface area contributed by atoms with E-state index in [2.05, 4.69) is 31.0 Å². The fourth-order valence-electron chi connectivity index (χ4n) is 2.75. The molecular formula is C14H28N2O3. The fourth-order valence-corrected chi connectivity index (χ4v) is 2.75. The lowest BCUT2D eigenvalue weighted by Crippen LogP contribution is -2.53. The number of aliphatic carboxylic acids is 1. The first-order valence-electron chi connectivity index (χ1n) is 7.08. The normalized spacial score (nSPS) is 25.5. The van der Waals surface area contributed by atoms with E-state index in [1.165, 1.54) is 0 Å². The lowest BCUT2D eigenvalue weighted by molar-refractivity contribution is -0.141. The molecule has 5 nitrogen and oxygen atoms in total. The van der Waals surface area contributed by atoms with Crippen LogP contribution in [0.15, 0.2) is 0 Å². The fraction of sp³-hybridized carbons (Fsp3) is 0.929. The maximum atomic E-state index is 11.2. The van der Waals surface area contributed by atoms with Gasteiger partial charge in [0, 0.05) is 25.7 Å². The molecule has 5 heteroatoms. The van der Waals surface area contributed by atoms with Gasteiger partial charge in [0.25, 0.3) is 0 Å². The zero-order valence-electron chi connectivity index (χ0n) is 12.8. The molecule has 0 bridgehead atoms. The van der Waals surface area contributed by atoms with Gasteiger partial charge in [-0.15, -0.1) is 0 Å². The zero-order chi connectivity index (χ0) is 14.6. The third-order valence-electron chi connectivity index (χ3n) is 3.21. The molecule has 0 aromatic rings. The van der Waals surface area contributed by atoms with Crippen molar-refractivity contribution >= 4 is 5.97 Å². The van der Waals surface area contributed by atoms with Gasteiger partial charge in [0.2, 0.25) is 0 Å². The van der Waals surface area contributed by atoms with E-state index in [4.69, 9.17) is 4.74 Å². The Morgan fingerprint density at radius 3 is 2.63 bits per heavy atom. The molecule has 0 amide bonds. The topological polar surface area (TPSA) is 61.8 Å². The van der Waals surface area contributed by atoms with Crippen molar-refractivity contribution in [3.63, 3.8) is 0 Å². The molecule has 2 unspecified atom stereocenters. The van der Waals surface area contributed by atoms with Gasteiger partial charge in [0.05, 0.1) is 11.7 Å². The van der Waals surface area contributed by atoms with E-state index in [9.17, 15) is 9.90 Å². The summed E-state index contributed by atoms with van der Waals surface area (Å²) in [5.74, 6) is -0.769. The standard InChI is InChI=1S/C14H28N2O3/c1-10(2)15-12(13(17)18)6-7-16-8-11(3)19-14(4,5)9-16/h10-12,15H,6-9H2,1-5H3,(H,17,18). The lowest BCUT2D eigenvalue weighted by Gasteiger charge is -2.42. The monoisotopic (exact) mass is 272 g/mol. The average Bonchev–Trinajstić information content (AvgIpc) is 2.20. The molecule has 0 radical (unpaired) electrons. The van der Waals surface area contributed by atoms with E-state index in [0.717, 1.165) is 19.6 Å². The molecule has 0 aliphatic carbocycles. The highest BCUT2D eigenvalue weighted by atomic mass is 16.5. The first-order chi connectivity index (χ1) is 8.69. The molecule has 2 N–H and O–H groups in total. The first-order valence-corrected chi connectivity index (χ1v) is 7.08. The van der Waals surface area contributed by atoms with Gasteiger partial charge in [0.1, 0.15) is 6.04 Å². The summed E-state index contributed by atoms with van der Waals surface area (Å²) in [5.41, 5.74) is -0.151. The van der Waals surface area contributed by atoms with Gasteiger partial charge in [-0.05, 0) is 27.2 Å². The van der Waals surface area contributed by atoms with E-state index in [-0.39, 0.29) is 17.7 Å². The SMILES string of the molecule is CC(C)NC(CCN1CC(C)OC(C)(C)C1)C(=O)O. The number of rotatable bonds is 6. The number of carboxylic acids is 1. The number of carboxylic acid groups (broad SMARTS) is 1. The number of carbonyl (C=O) groups is 1. The molecule has 0 spiro atoms. The van der Waals surface area contributed by atoms with E-state index in [1.54, 1.807) is 0 Å². The number of morpholine rings is 1. The predicted molar refractivity (Wildman–Crippen MR) is 75.4 cm³/mol. The minimum atomic E-state index is -0.769. The third-order valence-corrected chi connectivity index (χ3v) is 3.21. The minimum Gasteiger partial charge on any atom is -0.480 e. The van der Waals surface area contributed by atoms with E-state index >= 15 is 0 Å². The van der Waals surface area contributed by atoms with Crippen molar-refractivity contribution in [1.82, 2.24) is 10.2 Å². The number of ether oxygens (including phenoxy) is 1. The van der Waals surface area contributed by atoms with Crippen LogP contribution in [0.4, 0.5) is 0 Å². The Kier molecular flexibility index (Phi) is 5.77. The lowest BCUT2D eigenvalue weighted by atomic mass is 10.0. The highest BCUT2D eigenvalue weighted by Gasteiger charge is 2.31. The summed E-state index contributed by atoms with van der Waals surface area (Å²) in [5, 5.41) is 12.3. The van der Waals surface area contributed by atoms with Gasteiger partial charge in [0.15, 0.2) is 0 Å². The number of nitrogens with zero attached hydrogens (tertiary/aromatic N) is 1. The van der Waals surface area contributed by atoms with Crippen molar-refractivity contribution in [2.24, 2.45) is 0 Å². The Morgan fingerprint density at radius 1 is 1.53 bits per heavy atom. The molecule has 1 aliphatic rings. The average molecular weight is 272 g/mol. The largest absolute Gasteiger partial charge is 0.480 e. The molecule has 1 saturated heterocycles. The van der Waals surface area contributed by atoms with Crippen molar-refractivity contribution in [2.75, 3.05) is 19.6 Å². The molecule has 0 aromatic heterocycles. The van der Waals surface area contributed by atoms with Crippen molar-refractivity contribution < 1.29 is 14.6 Å². The highest BCUT2D eigenvalue weighted by molar-refractivity contribution is 5.73. The summed E-state index contributed by atoms with van der Waals surface area (Å²) in [6.07, 6.45) is 0.820. The van der Waals surface area contributed by atoms with Gasteiger partial charge >= 0.3 is 5.97 Å². The van der Waals surface area contributed by atoms with Crippen LogP contribution in [0.25, 0.3) is 0 Å². The molecule has 19 heavy (non-hydrogen) atoms. The Hall–Kier alpha value is -0.650. The van der Waals surface area contributed by atoms with Crippen LogP contribution >= 0.6 is 0 Å². The second-order valence-electron chi connectivity index (χ2n) is 6.42. The molecule has 0 saturated carbocycles. The summed E-state index contributed by atoms with van der Waals surface area (Å²) in [6.45, 7) is 12.7. The summed E-state index contributed by atoms with van der Waals surface area (Å²) in [7, 11) is 0. The summed E-state index contributed by atoms with van der Waals surface area (Å²) in [6, 6.07) is -0.289. The van der Waals surface area contributed by atoms with Gasteiger partial charge in [-0.2, -0.15) is 0 Å². The quantitative estimate of drug-likeness (QED) is 0.764. The zero-order valence-corrected chi connectivity index (χ0v) is 12.8. The summed E-state index contributed by atoms with van der Waals surface area (Å²) < 4.78 is 5.85. The Bertz CT molecular complexity index is 305. The molecule has 112 valence electrons. The summed E-state index contributed by atoms with van der Waals surface area (Å²) in [4.78, 5) is 13.5. The molecule has 2 atom stereocenters. The van der Waals surface area contributed by atoms with E-state index < -0.39 is 12.0 Å². The van der Waals surface area contributed by atoms with Crippen LogP contribution < -0.4 is 5.32 Å². The van der Waals surface area contributed by atoms with Crippen LogP contribution in [0.3, 0.4) is 0 Å².